The van der Waals surface area contributed by atoms with E-state index < -0.39 is 18.6 Å². The zero-order valence-electron chi connectivity index (χ0n) is 8.33. The Bertz CT molecular complexity index is 314. The van der Waals surface area contributed by atoms with Gasteiger partial charge in [0.15, 0.2) is 0 Å². The Morgan fingerprint density at radius 2 is 2.00 bits per heavy atom. The van der Waals surface area contributed by atoms with Gasteiger partial charge < -0.3 is 15.3 Å². The monoisotopic (exact) mass is 259 g/mol. The highest BCUT2D eigenvalue weighted by atomic mass is 35.5. The van der Waals surface area contributed by atoms with Crippen molar-refractivity contribution < 1.29 is 22.7 Å². The molecule has 0 aliphatic heterocycles. The average Bonchev–Trinajstić information content (AvgIpc) is 2.61. The lowest BCUT2D eigenvalue weighted by atomic mass is 10.1. The molecule has 1 aromatic heterocycles. The van der Waals surface area contributed by atoms with Crippen LogP contribution in [-0.4, -0.2) is 11.3 Å². The highest BCUT2D eigenvalue weighted by Crippen LogP contribution is 2.27. The Hall–Kier alpha value is -0.720. The lowest BCUT2D eigenvalue weighted by Crippen LogP contribution is -2.15. The molecule has 0 radical (unpaired) electrons. The first-order valence-electron chi connectivity index (χ1n) is 4.44. The van der Waals surface area contributed by atoms with Crippen LogP contribution in [0.5, 0.6) is 0 Å². The van der Waals surface area contributed by atoms with Gasteiger partial charge in [-0.1, -0.05) is 0 Å². The second kappa shape index (κ2) is 6.12. The Kier molecular flexibility index (Phi) is 5.85. The highest BCUT2D eigenvalue weighted by Gasteiger charge is 2.28. The molecule has 1 rings (SSSR count). The number of hydrogen-bond acceptors (Lipinski definition) is 3. The van der Waals surface area contributed by atoms with E-state index in [9.17, 15) is 13.2 Å². The van der Waals surface area contributed by atoms with E-state index in [1.807, 2.05) is 0 Å². The molecule has 3 N–H and O–H groups in total. The summed E-state index contributed by atoms with van der Waals surface area (Å²) in [5, 5.41) is 8.68. The summed E-state index contributed by atoms with van der Waals surface area (Å²) in [6, 6.07) is 2.18. The molecule has 1 aromatic rings. The molecule has 0 saturated heterocycles. The van der Waals surface area contributed by atoms with Gasteiger partial charge in [-0.15, -0.1) is 12.4 Å². The first-order chi connectivity index (χ1) is 6.92. The van der Waals surface area contributed by atoms with Crippen LogP contribution in [0.3, 0.4) is 0 Å². The van der Waals surface area contributed by atoms with Gasteiger partial charge >= 0.3 is 6.18 Å². The van der Waals surface area contributed by atoms with Crippen molar-refractivity contribution in [3.63, 3.8) is 0 Å². The normalized spacial score (nSPS) is 13.3. The van der Waals surface area contributed by atoms with Gasteiger partial charge in [0.25, 0.3) is 0 Å². The summed E-state index contributed by atoms with van der Waals surface area (Å²) >= 11 is 0. The zero-order valence-corrected chi connectivity index (χ0v) is 9.14. The maximum atomic E-state index is 11.9. The fraction of sp³-hybridized carbons (Fsp3) is 0.556. The van der Waals surface area contributed by atoms with Gasteiger partial charge in [-0.25, -0.2) is 0 Å². The van der Waals surface area contributed by atoms with Gasteiger partial charge in [0.05, 0.1) is 6.04 Å². The summed E-state index contributed by atoms with van der Waals surface area (Å²) in [6.45, 7) is -0.286. The topological polar surface area (TPSA) is 59.4 Å². The summed E-state index contributed by atoms with van der Waals surface area (Å²) in [7, 11) is 0. The number of nitrogens with two attached hydrogens (primary N) is 1. The lowest BCUT2D eigenvalue weighted by Gasteiger charge is -2.10. The van der Waals surface area contributed by atoms with Crippen molar-refractivity contribution in [1.29, 1.82) is 0 Å². The molecule has 1 atom stereocenters. The van der Waals surface area contributed by atoms with Gasteiger partial charge in [0.1, 0.15) is 18.1 Å². The molecule has 0 bridgehead atoms. The molecule has 7 heteroatoms. The van der Waals surface area contributed by atoms with Crippen LogP contribution in [0.15, 0.2) is 16.5 Å². The third-order valence-electron chi connectivity index (χ3n) is 1.94. The first-order valence-corrected chi connectivity index (χ1v) is 4.44. The number of aliphatic hydroxyl groups excluding tert-OH is 1. The quantitative estimate of drug-likeness (QED) is 0.874. The standard InChI is InChI=1S/C9H12F3NO2.ClH/c10-9(11,12)4-3-7(13)8-2-1-6(5-14)15-8;/h1-2,7,14H,3-5,13H2;1H/t7-;/m0./s1. The molecule has 0 amide bonds. The second-order valence-corrected chi connectivity index (χ2v) is 3.22. The number of alkyl halides is 3. The molecule has 0 aliphatic rings. The van der Waals surface area contributed by atoms with Crippen LogP contribution in [0.2, 0.25) is 0 Å². The van der Waals surface area contributed by atoms with E-state index in [4.69, 9.17) is 15.3 Å². The van der Waals surface area contributed by atoms with Crippen LogP contribution >= 0.6 is 12.4 Å². The summed E-state index contributed by atoms with van der Waals surface area (Å²) < 4.78 is 40.6. The van der Waals surface area contributed by atoms with Crippen LogP contribution in [0.4, 0.5) is 13.2 Å². The predicted octanol–water partition coefficient (Wildman–Crippen LogP) is 2.54. The summed E-state index contributed by atoms with van der Waals surface area (Å²) in [5.41, 5.74) is 5.49. The van der Waals surface area contributed by atoms with Crippen molar-refractivity contribution >= 4 is 12.4 Å². The molecule has 0 aliphatic carbocycles. The minimum Gasteiger partial charge on any atom is -0.462 e. The average molecular weight is 260 g/mol. The molecule has 0 unspecified atom stereocenters. The van der Waals surface area contributed by atoms with Gasteiger partial charge in [-0.3, -0.25) is 0 Å². The molecular formula is C9H13ClF3NO2. The maximum absolute atomic E-state index is 11.9. The van der Waals surface area contributed by atoms with Crippen molar-refractivity contribution in [2.24, 2.45) is 5.73 Å². The maximum Gasteiger partial charge on any atom is 0.389 e. The zero-order chi connectivity index (χ0) is 11.5. The van der Waals surface area contributed by atoms with Crippen molar-refractivity contribution in [3.8, 4) is 0 Å². The van der Waals surface area contributed by atoms with Crippen LogP contribution in [0, 0.1) is 0 Å². The molecule has 0 aromatic carbocycles. The Morgan fingerprint density at radius 1 is 1.38 bits per heavy atom. The van der Waals surface area contributed by atoms with Crippen molar-refractivity contribution in [2.45, 2.75) is 31.7 Å². The van der Waals surface area contributed by atoms with Crippen molar-refractivity contribution in [3.05, 3.63) is 23.7 Å². The van der Waals surface area contributed by atoms with E-state index in [-0.39, 0.29) is 31.2 Å². The third-order valence-corrected chi connectivity index (χ3v) is 1.94. The van der Waals surface area contributed by atoms with Crippen molar-refractivity contribution in [2.75, 3.05) is 0 Å². The Balaban J connectivity index is 0.00000225. The fourth-order valence-corrected chi connectivity index (χ4v) is 1.14. The largest absolute Gasteiger partial charge is 0.462 e. The van der Waals surface area contributed by atoms with Crippen LogP contribution in [0.1, 0.15) is 30.4 Å². The lowest BCUT2D eigenvalue weighted by molar-refractivity contribution is -0.136. The van der Waals surface area contributed by atoms with Crippen LogP contribution < -0.4 is 5.73 Å². The Morgan fingerprint density at radius 3 is 2.44 bits per heavy atom. The fourth-order valence-electron chi connectivity index (χ4n) is 1.14. The summed E-state index contributed by atoms with van der Waals surface area (Å²) in [5.74, 6) is 0.566. The van der Waals surface area contributed by atoms with E-state index in [1.54, 1.807) is 0 Å². The van der Waals surface area contributed by atoms with E-state index in [0.717, 1.165) is 0 Å². The highest BCUT2D eigenvalue weighted by molar-refractivity contribution is 5.85. The van der Waals surface area contributed by atoms with Gasteiger partial charge in [-0.05, 0) is 18.6 Å². The number of furan rings is 1. The molecule has 1 heterocycles. The number of rotatable bonds is 4. The minimum atomic E-state index is -4.20. The number of halogens is 4. The second-order valence-electron chi connectivity index (χ2n) is 3.22. The molecule has 0 saturated carbocycles. The third kappa shape index (κ3) is 4.87. The Labute approximate surface area is 96.8 Å². The van der Waals surface area contributed by atoms with E-state index >= 15 is 0 Å². The summed E-state index contributed by atoms with van der Waals surface area (Å²) in [6.07, 6.45) is -5.37. The van der Waals surface area contributed by atoms with Crippen LogP contribution in [0.25, 0.3) is 0 Å². The molecule has 0 spiro atoms. The van der Waals surface area contributed by atoms with Gasteiger partial charge in [-0.2, -0.15) is 13.2 Å². The van der Waals surface area contributed by atoms with E-state index in [0.29, 0.717) is 5.76 Å². The number of hydrogen-bond donors (Lipinski definition) is 2. The van der Waals surface area contributed by atoms with Crippen LogP contribution in [-0.2, 0) is 6.61 Å². The van der Waals surface area contributed by atoms with Crippen molar-refractivity contribution in [1.82, 2.24) is 0 Å². The van der Waals surface area contributed by atoms with E-state index in [2.05, 4.69) is 0 Å². The van der Waals surface area contributed by atoms with Gasteiger partial charge in [0, 0.05) is 6.42 Å². The smallest absolute Gasteiger partial charge is 0.389 e. The summed E-state index contributed by atoms with van der Waals surface area (Å²) in [4.78, 5) is 0. The molecule has 16 heavy (non-hydrogen) atoms. The van der Waals surface area contributed by atoms with Gasteiger partial charge in [0.2, 0.25) is 0 Å². The predicted molar refractivity (Wildman–Crippen MR) is 54.1 cm³/mol. The molecule has 0 fully saturated rings. The molecule has 3 nitrogen and oxygen atoms in total. The first kappa shape index (κ1) is 15.3. The molecular weight excluding hydrogens is 247 g/mol. The molecule has 94 valence electrons. The minimum absolute atomic E-state index is 0. The number of aliphatic hydroxyl groups is 1. The SMILES string of the molecule is Cl.N[C@@H](CCC(F)(F)F)c1ccc(CO)o1. The van der Waals surface area contributed by atoms with E-state index in [1.165, 1.54) is 12.1 Å².